The summed E-state index contributed by atoms with van der Waals surface area (Å²) in [6.07, 6.45) is 2.46. The molecule has 11 heteroatoms. The molecule has 1 fully saturated rings. The second kappa shape index (κ2) is 10.6. The van der Waals surface area contributed by atoms with Crippen molar-refractivity contribution in [2.45, 2.75) is 37.4 Å². The number of nitrogens with one attached hydrogen (secondary N) is 1. The van der Waals surface area contributed by atoms with Crippen LogP contribution >= 0.6 is 0 Å². The number of likely N-dealkylation sites (tertiary alicyclic amines) is 1. The van der Waals surface area contributed by atoms with Gasteiger partial charge in [0.05, 0.1) is 16.6 Å². The highest BCUT2D eigenvalue weighted by Crippen LogP contribution is 2.42. The fourth-order valence-corrected chi connectivity index (χ4v) is 6.74. The quantitative estimate of drug-likeness (QED) is 0.289. The third kappa shape index (κ3) is 4.37. The van der Waals surface area contributed by atoms with E-state index in [2.05, 4.69) is 16.3 Å². The van der Waals surface area contributed by atoms with E-state index in [1.54, 1.807) is 28.8 Å². The molecule has 10 nitrogen and oxygen atoms in total. The third-order valence-electron chi connectivity index (χ3n) is 8.57. The minimum absolute atomic E-state index is 0.0985. The van der Waals surface area contributed by atoms with Gasteiger partial charge in [0.15, 0.2) is 0 Å². The van der Waals surface area contributed by atoms with Gasteiger partial charge < -0.3 is 15.5 Å². The van der Waals surface area contributed by atoms with Crippen molar-refractivity contribution in [3.63, 3.8) is 0 Å². The lowest BCUT2D eigenvalue weighted by Crippen LogP contribution is -2.42. The number of imidazole rings is 1. The molecular formula is C31H29FN4O6. The summed E-state index contributed by atoms with van der Waals surface area (Å²) in [7, 11) is 1.30. The number of likely N-dealkylation sites (N-methyl/N-ethyl adjacent to an activating group) is 1. The molecule has 2 atom stereocenters. The van der Waals surface area contributed by atoms with E-state index in [0.717, 1.165) is 27.5 Å². The smallest absolute Gasteiger partial charge is 0.334 e. The molecule has 216 valence electrons. The summed E-state index contributed by atoms with van der Waals surface area (Å²) in [5, 5.41) is 23.1. The Kier molecular flexibility index (Phi) is 6.90. The Bertz CT molecular complexity index is 1850. The Labute approximate surface area is 239 Å². The Morgan fingerprint density at radius 3 is 2.38 bits per heavy atom. The number of hydrogen-bond donors (Lipinski definition) is 3. The molecule has 1 unspecified atom stereocenters. The first-order chi connectivity index (χ1) is 20.2. The molecule has 0 bridgehead atoms. The molecular weight excluding hydrogens is 543 g/mol. The van der Waals surface area contributed by atoms with E-state index in [9.17, 15) is 33.8 Å². The predicted molar refractivity (Wildman–Crippen MR) is 153 cm³/mol. The van der Waals surface area contributed by atoms with E-state index in [-0.39, 0.29) is 17.9 Å². The van der Waals surface area contributed by atoms with Crippen molar-refractivity contribution in [3.05, 3.63) is 93.7 Å². The number of para-hydroxylation sites is 2. The number of carboxylic acid groups (broad SMARTS) is 2. The number of rotatable bonds is 7. The van der Waals surface area contributed by atoms with Crippen LogP contribution in [-0.4, -0.2) is 62.2 Å². The lowest BCUT2D eigenvalue weighted by atomic mass is 9.99. The van der Waals surface area contributed by atoms with Crippen molar-refractivity contribution >= 4 is 39.7 Å². The molecule has 1 aliphatic carbocycles. The number of piperidine rings is 1. The molecule has 2 aliphatic rings. The van der Waals surface area contributed by atoms with Crippen LogP contribution in [0.5, 0.6) is 0 Å². The zero-order valence-corrected chi connectivity index (χ0v) is 22.8. The Morgan fingerprint density at radius 2 is 1.71 bits per heavy atom. The average molecular weight is 573 g/mol. The van der Waals surface area contributed by atoms with Crippen molar-refractivity contribution in [2.75, 3.05) is 20.1 Å². The molecule has 1 aromatic heterocycles. The molecule has 6 rings (SSSR count). The van der Waals surface area contributed by atoms with Gasteiger partial charge in [-0.1, -0.05) is 36.4 Å². The van der Waals surface area contributed by atoms with Crippen LogP contribution in [0.3, 0.4) is 0 Å². The summed E-state index contributed by atoms with van der Waals surface area (Å²) >= 11 is 0. The highest BCUT2D eigenvalue weighted by atomic mass is 19.1. The van der Waals surface area contributed by atoms with Crippen LogP contribution in [0.1, 0.15) is 42.1 Å². The monoisotopic (exact) mass is 572 g/mol. The van der Waals surface area contributed by atoms with Crippen molar-refractivity contribution in [1.29, 1.82) is 0 Å². The molecule has 0 saturated carbocycles. The van der Waals surface area contributed by atoms with E-state index < -0.39 is 35.2 Å². The molecule has 42 heavy (non-hydrogen) atoms. The van der Waals surface area contributed by atoms with Crippen LogP contribution in [0.4, 0.5) is 4.39 Å². The summed E-state index contributed by atoms with van der Waals surface area (Å²) in [5.41, 5.74) is 1.77. The Balaban J connectivity index is 1.35. The number of aromatic nitrogens is 2. The number of carbonyl (C=O) groups excluding carboxylic acids is 1. The minimum Gasteiger partial charge on any atom is -0.478 e. The van der Waals surface area contributed by atoms with Crippen LogP contribution in [-0.2, 0) is 20.8 Å². The maximum Gasteiger partial charge on any atom is 0.334 e. The predicted octanol–water partition coefficient (Wildman–Crippen LogP) is 3.41. The van der Waals surface area contributed by atoms with Gasteiger partial charge >= 0.3 is 17.6 Å². The highest BCUT2D eigenvalue weighted by Gasteiger charge is 2.37. The average Bonchev–Trinajstić information content (AvgIpc) is 3.50. The van der Waals surface area contributed by atoms with E-state index in [4.69, 9.17) is 0 Å². The summed E-state index contributed by atoms with van der Waals surface area (Å²) in [6.45, 7) is 1.35. The summed E-state index contributed by atoms with van der Waals surface area (Å²) < 4.78 is 17.2. The van der Waals surface area contributed by atoms with Gasteiger partial charge in [0, 0.05) is 43.7 Å². The normalized spacial score (nSPS) is 18.4. The van der Waals surface area contributed by atoms with Gasteiger partial charge in [-0.2, -0.15) is 0 Å². The zero-order valence-electron chi connectivity index (χ0n) is 22.8. The first-order valence-electron chi connectivity index (χ1n) is 13.8. The maximum atomic E-state index is 14.5. The van der Waals surface area contributed by atoms with Gasteiger partial charge in [-0.3, -0.25) is 18.8 Å². The number of amides is 1. The van der Waals surface area contributed by atoms with Gasteiger partial charge in [0.25, 0.3) is 0 Å². The van der Waals surface area contributed by atoms with Crippen molar-refractivity contribution < 1.29 is 29.0 Å². The fourth-order valence-electron chi connectivity index (χ4n) is 6.74. The number of aliphatic carboxylic acids is 2. The maximum absolute atomic E-state index is 14.5. The van der Waals surface area contributed by atoms with E-state index in [0.29, 0.717) is 48.4 Å². The number of nitrogens with zero attached hydrogens (tertiary/aromatic N) is 3. The van der Waals surface area contributed by atoms with Gasteiger partial charge in [0.2, 0.25) is 5.91 Å². The molecule has 0 radical (unpaired) electrons. The Morgan fingerprint density at radius 1 is 1.00 bits per heavy atom. The van der Waals surface area contributed by atoms with E-state index >= 15 is 0 Å². The number of benzene rings is 3. The number of carbonyl (C=O) groups is 3. The molecule has 1 aliphatic heterocycles. The molecule has 1 amide bonds. The van der Waals surface area contributed by atoms with Gasteiger partial charge in [-0.25, -0.2) is 18.8 Å². The summed E-state index contributed by atoms with van der Waals surface area (Å²) in [4.78, 5) is 53.0. The first kappa shape index (κ1) is 27.4. The largest absolute Gasteiger partial charge is 0.478 e. The van der Waals surface area contributed by atoms with Crippen molar-refractivity contribution in [2.24, 2.45) is 0 Å². The lowest BCUT2D eigenvalue weighted by Gasteiger charge is -2.37. The van der Waals surface area contributed by atoms with E-state index in [1.807, 2.05) is 18.2 Å². The van der Waals surface area contributed by atoms with Gasteiger partial charge in [0.1, 0.15) is 11.9 Å². The van der Waals surface area contributed by atoms with Crippen molar-refractivity contribution in [1.82, 2.24) is 19.4 Å². The first-order valence-corrected chi connectivity index (χ1v) is 13.8. The van der Waals surface area contributed by atoms with Crippen LogP contribution in [0.2, 0.25) is 0 Å². The van der Waals surface area contributed by atoms with Gasteiger partial charge in [-0.05, 0) is 54.0 Å². The molecule has 2 heterocycles. The highest BCUT2D eigenvalue weighted by molar-refractivity contribution is 6.02. The van der Waals surface area contributed by atoms with Crippen LogP contribution in [0, 0.1) is 5.82 Å². The van der Waals surface area contributed by atoms with E-state index in [1.165, 1.54) is 13.1 Å². The number of hydrogen-bond acceptors (Lipinski definition) is 5. The molecule has 3 aromatic carbocycles. The Hall–Kier alpha value is -4.77. The van der Waals surface area contributed by atoms with Crippen LogP contribution in [0.25, 0.3) is 21.8 Å². The van der Waals surface area contributed by atoms with Crippen LogP contribution < -0.4 is 11.0 Å². The summed E-state index contributed by atoms with van der Waals surface area (Å²) in [6, 6.07) is 14.1. The number of fused-ring (bicyclic) bond motifs is 1. The van der Waals surface area contributed by atoms with Crippen molar-refractivity contribution in [3.8, 4) is 0 Å². The SMILES string of the molecule is CNC(=O)[C@@H](/C(=C/C(=O)O)C(=O)O)n1c(=O)n(C2CCN(C3Cc4ccc(F)c5cccc3c45)CC2)c2ccccc21. The third-order valence-corrected chi connectivity index (χ3v) is 8.57. The molecule has 3 N–H and O–H groups in total. The topological polar surface area (TPSA) is 134 Å². The fraction of sp³-hybridized carbons (Fsp3) is 0.290. The van der Waals surface area contributed by atoms with Gasteiger partial charge in [-0.15, -0.1) is 0 Å². The standard InChI is InChI=1S/C31H29FN4O6/c1-33-29(39)28(21(30(40)41)16-26(37)38)36-24-8-3-2-7-23(24)35(31(36)42)18-11-13-34(14-12-18)25-15-17-9-10-22(32)19-5-4-6-20(25)27(17)19/h2-10,16,18,25,28H,11-15H2,1H3,(H,33,39)(H,37,38)(H,40,41)/b21-16-/t25?,28-/m1/s1. The lowest BCUT2D eigenvalue weighted by molar-refractivity contribution is -0.136. The minimum atomic E-state index is -1.69. The zero-order chi connectivity index (χ0) is 29.7. The number of carboxylic acids is 2. The number of halogens is 1. The molecule has 1 saturated heterocycles. The second-order valence-electron chi connectivity index (χ2n) is 10.7. The van der Waals surface area contributed by atoms with Crippen LogP contribution in [0.15, 0.2) is 71.0 Å². The molecule has 0 spiro atoms. The summed E-state index contributed by atoms with van der Waals surface area (Å²) in [5.74, 6) is -4.21. The second-order valence-corrected chi connectivity index (χ2v) is 10.7. The molecule has 4 aromatic rings.